The summed E-state index contributed by atoms with van der Waals surface area (Å²) in [4.78, 5) is 12.2. The summed E-state index contributed by atoms with van der Waals surface area (Å²) in [5.74, 6) is 2.10. The standard InChI is InChI=1S/C25H29N3O6/c1-31-19-9-7-17(8-10-19)27-25(30)26-15-24-23(29)12-11-21(33-24)13-18-14-22(34-28-18)16-32-20-5-3-2-4-6-20/h2-10,14,21,23-24,29H,11-13,15-16H2,1H3,(H2,26,27,30)/t21-,23-,24+/m0/s1. The van der Waals surface area contributed by atoms with Crippen LogP contribution in [0.2, 0.25) is 0 Å². The van der Waals surface area contributed by atoms with E-state index in [0.717, 1.165) is 11.4 Å². The number of ether oxygens (including phenoxy) is 3. The van der Waals surface area contributed by atoms with Crippen molar-refractivity contribution < 1.29 is 28.6 Å². The molecule has 0 spiro atoms. The smallest absolute Gasteiger partial charge is 0.319 e. The molecule has 0 radical (unpaired) electrons. The molecule has 0 saturated carbocycles. The molecule has 3 N–H and O–H groups in total. The van der Waals surface area contributed by atoms with Crippen molar-refractivity contribution in [2.24, 2.45) is 0 Å². The van der Waals surface area contributed by atoms with Gasteiger partial charge in [0, 0.05) is 24.7 Å². The normalized spacial score (nSPS) is 19.9. The van der Waals surface area contributed by atoms with E-state index in [9.17, 15) is 9.90 Å². The predicted molar refractivity (Wildman–Crippen MR) is 125 cm³/mol. The number of hydrogen-bond donors (Lipinski definition) is 3. The lowest BCUT2D eigenvalue weighted by Gasteiger charge is -2.33. The Morgan fingerprint density at radius 2 is 1.91 bits per heavy atom. The summed E-state index contributed by atoms with van der Waals surface area (Å²) >= 11 is 0. The summed E-state index contributed by atoms with van der Waals surface area (Å²) in [6.45, 7) is 0.478. The summed E-state index contributed by atoms with van der Waals surface area (Å²) < 4.78 is 22.2. The number of carbonyl (C=O) groups is 1. The number of aliphatic hydroxyl groups is 1. The Morgan fingerprint density at radius 1 is 1.12 bits per heavy atom. The summed E-state index contributed by atoms with van der Waals surface area (Å²) in [7, 11) is 1.58. The van der Waals surface area contributed by atoms with E-state index >= 15 is 0 Å². The van der Waals surface area contributed by atoms with Crippen LogP contribution < -0.4 is 20.1 Å². The quantitative estimate of drug-likeness (QED) is 0.441. The second-order valence-corrected chi connectivity index (χ2v) is 8.10. The van der Waals surface area contributed by atoms with Crippen LogP contribution in [-0.4, -0.2) is 48.3 Å². The number of urea groups is 1. The second kappa shape index (κ2) is 11.5. The molecule has 3 atom stereocenters. The number of aromatic nitrogens is 1. The minimum absolute atomic E-state index is 0.132. The molecule has 2 aromatic carbocycles. The number of rotatable bonds is 9. The number of nitrogens with one attached hydrogen (secondary N) is 2. The van der Waals surface area contributed by atoms with Crippen LogP contribution >= 0.6 is 0 Å². The van der Waals surface area contributed by atoms with Crippen LogP contribution in [0.4, 0.5) is 10.5 Å². The number of anilines is 1. The molecule has 34 heavy (non-hydrogen) atoms. The van der Waals surface area contributed by atoms with Crippen molar-refractivity contribution in [2.75, 3.05) is 19.0 Å². The van der Waals surface area contributed by atoms with E-state index in [1.807, 2.05) is 36.4 Å². The lowest BCUT2D eigenvalue weighted by molar-refractivity contribution is -0.113. The summed E-state index contributed by atoms with van der Waals surface area (Å²) in [5, 5.41) is 20.0. The highest BCUT2D eigenvalue weighted by molar-refractivity contribution is 5.89. The molecule has 1 aliphatic rings. The van der Waals surface area contributed by atoms with E-state index in [4.69, 9.17) is 18.7 Å². The van der Waals surface area contributed by atoms with Crippen molar-refractivity contribution in [2.45, 2.75) is 44.2 Å². The molecule has 0 aliphatic carbocycles. The van der Waals surface area contributed by atoms with Crippen LogP contribution in [0, 0.1) is 0 Å². The van der Waals surface area contributed by atoms with E-state index in [-0.39, 0.29) is 25.3 Å². The average molecular weight is 468 g/mol. The minimum atomic E-state index is -0.648. The van der Waals surface area contributed by atoms with E-state index in [0.29, 0.717) is 36.5 Å². The molecular formula is C25H29N3O6. The third-order valence-electron chi connectivity index (χ3n) is 5.56. The lowest BCUT2D eigenvalue weighted by atomic mass is 9.98. The number of hydrogen-bond acceptors (Lipinski definition) is 7. The van der Waals surface area contributed by atoms with Crippen molar-refractivity contribution in [3.63, 3.8) is 0 Å². The van der Waals surface area contributed by atoms with Gasteiger partial charge in [-0.15, -0.1) is 0 Å². The third kappa shape index (κ3) is 6.72. The van der Waals surface area contributed by atoms with Crippen LogP contribution in [0.25, 0.3) is 0 Å². The molecule has 1 saturated heterocycles. The van der Waals surface area contributed by atoms with Gasteiger partial charge in [0.05, 0.1) is 25.0 Å². The highest BCUT2D eigenvalue weighted by Crippen LogP contribution is 2.23. The number of carbonyl (C=O) groups excluding carboxylic acids is 1. The van der Waals surface area contributed by atoms with Crippen molar-refractivity contribution in [3.05, 3.63) is 72.1 Å². The third-order valence-corrected chi connectivity index (χ3v) is 5.56. The molecule has 1 aliphatic heterocycles. The van der Waals surface area contributed by atoms with Crippen LogP contribution in [0.3, 0.4) is 0 Å². The summed E-state index contributed by atoms with van der Waals surface area (Å²) in [6.07, 6.45) is 0.540. The maximum Gasteiger partial charge on any atom is 0.319 e. The maximum atomic E-state index is 12.2. The van der Waals surface area contributed by atoms with Crippen LogP contribution in [-0.2, 0) is 17.8 Å². The van der Waals surface area contributed by atoms with E-state index in [1.165, 1.54) is 0 Å². The Bertz CT molecular complexity index is 1040. The zero-order chi connectivity index (χ0) is 23.8. The molecule has 9 heteroatoms. The van der Waals surface area contributed by atoms with Crippen molar-refractivity contribution in [1.82, 2.24) is 10.5 Å². The number of methoxy groups -OCH3 is 1. The molecule has 3 aromatic rings. The first-order valence-electron chi connectivity index (χ1n) is 11.2. The lowest BCUT2D eigenvalue weighted by Crippen LogP contribution is -2.47. The maximum absolute atomic E-state index is 12.2. The predicted octanol–water partition coefficient (Wildman–Crippen LogP) is 3.53. The van der Waals surface area contributed by atoms with Gasteiger partial charge < -0.3 is 34.5 Å². The van der Waals surface area contributed by atoms with Gasteiger partial charge in [-0.3, -0.25) is 0 Å². The first-order valence-corrected chi connectivity index (χ1v) is 11.2. The monoisotopic (exact) mass is 467 g/mol. The Hall–Kier alpha value is -3.56. The van der Waals surface area contributed by atoms with Gasteiger partial charge in [0.2, 0.25) is 0 Å². The van der Waals surface area contributed by atoms with E-state index < -0.39 is 12.2 Å². The first-order chi connectivity index (χ1) is 16.6. The summed E-state index contributed by atoms with van der Waals surface area (Å²) in [6, 6.07) is 18.0. The second-order valence-electron chi connectivity index (χ2n) is 8.10. The highest BCUT2D eigenvalue weighted by atomic mass is 16.5. The Morgan fingerprint density at radius 3 is 2.68 bits per heavy atom. The van der Waals surface area contributed by atoms with E-state index in [2.05, 4.69) is 15.8 Å². The Labute approximate surface area is 198 Å². The van der Waals surface area contributed by atoms with Gasteiger partial charge in [-0.1, -0.05) is 23.4 Å². The number of aliphatic hydroxyl groups excluding tert-OH is 1. The Balaban J connectivity index is 1.22. The van der Waals surface area contributed by atoms with E-state index in [1.54, 1.807) is 31.4 Å². The van der Waals surface area contributed by atoms with Crippen LogP contribution in [0.1, 0.15) is 24.3 Å². The highest BCUT2D eigenvalue weighted by Gasteiger charge is 2.30. The fraction of sp³-hybridized carbons (Fsp3) is 0.360. The molecular weight excluding hydrogens is 438 g/mol. The largest absolute Gasteiger partial charge is 0.497 e. The van der Waals surface area contributed by atoms with Gasteiger partial charge >= 0.3 is 6.03 Å². The van der Waals surface area contributed by atoms with Gasteiger partial charge in [0.25, 0.3) is 0 Å². The van der Waals surface area contributed by atoms with Crippen molar-refractivity contribution >= 4 is 11.7 Å². The van der Waals surface area contributed by atoms with Crippen LogP contribution in [0.5, 0.6) is 11.5 Å². The summed E-state index contributed by atoms with van der Waals surface area (Å²) in [5.41, 5.74) is 1.40. The van der Waals surface area contributed by atoms with Gasteiger partial charge in [0.1, 0.15) is 24.2 Å². The molecule has 2 amide bonds. The topological polar surface area (TPSA) is 115 Å². The molecule has 0 unspecified atom stereocenters. The average Bonchev–Trinajstić information content (AvgIpc) is 3.31. The number of amides is 2. The number of para-hydroxylation sites is 1. The van der Waals surface area contributed by atoms with Crippen LogP contribution in [0.15, 0.2) is 65.2 Å². The Kier molecular flexibility index (Phi) is 8.00. The minimum Gasteiger partial charge on any atom is -0.497 e. The number of benzene rings is 2. The first kappa shape index (κ1) is 23.6. The number of nitrogens with zero attached hydrogens (tertiary/aromatic N) is 1. The zero-order valence-corrected chi connectivity index (χ0v) is 19.0. The molecule has 1 fully saturated rings. The van der Waals surface area contributed by atoms with Gasteiger partial charge in [-0.05, 0) is 49.2 Å². The molecule has 4 rings (SSSR count). The molecule has 2 heterocycles. The SMILES string of the molecule is COc1ccc(NC(=O)NC[C@H]2O[C@H](Cc3cc(COc4ccccc4)on3)CC[C@@H]2O)cc1. The zero-order valence-electron chi connectivity index (χ0n) is 19.0. The van der Waals surface area contributed by atoms with Gasteiger partial charge in [-0.2, -0.15) is 0 Å². The fourth-order valence-corrected chi connectivity index (χ4v) is 3.75. The van der Waals surface area contributed by atoms with Crippen molar-refractivity contribution in [3.8, 4) is 11.5 Å². The van der Waals surface area contributed by atoms with Crippen molar-refractivity contribution in [1.29, 1.82) is 0 Å². The molecule has 0 bridgehead atoms. The molecule has 9 nitrogen and oxygen atoms in total. The molecule has 1 aromatic heterocycles. The van der Waals surface area contributed by atoms with Gasteiger partial charge in [-0.25, -0.2) is 4.79 Å². The molecule has 180 valence electrons. The van der Waals surface area contributed by atoms with Gasteiger partial charge in [0.15, 0.2) is 5.76 Å². The fourth-order valence-electron chi connectivity index (χ4n) is 3.75.